The van der Waals surface area contributed by atoms with Gasteiger partial charge in [0, 0.05) is 37.1 Å². The van der Waals surface area contributed by atoms with Gasteiger partial charge < -0.3 is 10.2 Å². The van der Waals surface area contributed by atoms with E-state index in [1.54, 1.807) is 16.2 Å². The minimum Gasteiger partial charge on any atom is -0.315 e. The molecule has 0 saturated carbocycles. The number of para-hydroxylation sites is 1. The topological polar surface area (TPSA) is 45.2 Å². The number of amides is 1. The Kier molecular flexibility index (Phi) is 3.54. The molecule has 0 bridgehead atoms. The van der Waals surface area contributed by atoms with E-state index >= 15 is 0 Å². The maximum absolute atomic E-state index is 12.1. The molecule has 0 spiro atoms. The van der Waals surface area contributed by atoms with Crippen LogP contribution in [0.15, 0.2) is 29.6 Å². The van der Waals surface area contributed by atoms with Crippen molar-refractivity contribution in [3.05, 3.63) is 45.9 Å². The van der Waals surface area contributed by atoms with E-state index in [0.29, 0.717) is 13.0 Å². The summed E-state index contributed by atoms with van der Waals surface area (Å²) < 4.78 is 0. The van der Waals surface area contributed by atoms with Crippen molar-refractivity contribution >= 4 is 22.9 Å². The lowest BCUT2D eigenvalue weighted by Gasteiger charge is -2.32. The molecule has 1 aromatic heterocycles. The number of benzene rings is 1. The predicted molar refractivity (Wildman–Crippen MR) is 80.9 cm³/mol. The van der Waals surface area contributed by atoms with Gasteiger partial charge in [0.1, 0.15) is 0 Å². The van der Waals surface area contributed by atoms with Gasteiger partial charge in [-0.3, -0.25) is 4.79 Å². The molecule has 3 rings (SSSR count). The lowest BCUT2D eigenvalue weighted by Crippen LogP contribution is -2.37. The van der Waals surface area contributed by atoms with Gasteiger partial charge in [-0.15, -0.1) is 11.3 Å². The number of fused-ring (bicyclic) bond motifs is 1. The van der Waals surface area contributed by atoms with Crippen LogP contribution in [0.25, 0.3) is 0 Å². The number of nitrogens with one attached hydrogen (secondary N) is 1. The second-order valence-corrected chi connectivity index (χ2v) is 6.07. The highest BCUT2D eigenvalue weighted by molar-refractivity contribution is 7.09. The van der Waals surface area contributed by atoms with E-state index in [4.69, 9.17) is 0 Å². The van der Waals surface area contributed by atoms with E-state index in [2.05, 4.69) is 21.7 Å². The maximum atomic E-state index is 12.1. The van der Waals surface area contributed by atoms with Crippen molar-refractivity contribution in [3.8, 4) is 0 Å². The van der Waals surface area contributed by atoms with E-state index in [1.807, 2.05) is 32.2 Å². The second kappa shape index (κ2) is 5.34. The van der Waals surface area contributed by atoms with Crippen molar-refractivity contribution in [2.24, 2.45) is 0 Å². The lowest BCUT2D eigenvalue weighted by atomic mass is 9.96. The first-order valence-corrected chi connectivity index (χ1v) is 7.53. The molecule has 1 aliphatic rings. The molecule has 1 atom stereocenters. The summed E-state index contributed by atoms with van der Waals surface area (Å²) in [5.41, 5.74) is 3.22. The second-order valence-electron chi connectivity index (χ2n) is 5.01. The average Bonchev–Trinajstić information content (AvgIpc) is 2.87. The Balaban J connectivity index is 1.80. The van der Waals surface area contributed by atoms with Crippen molar-refractivity contribution < 1.29 is 4.79 Å². The molecule has 2 aromatic rings. The zero-order valence-electron chi connectivity index (χ0n) is 11.6. The molecule has 0 aliphatic carbocycles. The van der Waals surface area contributed by atoms with Gasteiger partial charge in [0.15, 0.2) is 0 Å². The van der Waals surface area contributed by atoms with Crippen LogP contribution in [-0.4, -0.2) is 17.9 Å². The van der Waals surface area contributed by atoms with Crippen molar-refractivity contribution in [1.29, 1.82) is 0 Å². The summed E-state index contributed by atoms with van der Waals surface area (Å²) >= 11 is 1.65. The number of carbonyl (C=O) groups is 1. The number of carbonyl (C=O) groups excluding carboxylic acids is 1. The Bertz CT molecular complexity index is 638. The highest BCUT2D eigenvalue weighted by Gasteiger charge is 2.28. The van der Waals surface area contributed by atoms with Crippen LogP contribution in [0.4, 0.5) is 5.69 Å². The summed E-state index contributed by atoms with van der Waals surface area (Å²) in [5, 5.41) is 6.59. The molecule has 2 heterocycles. The molecule has 20 heavy (non-hydrogen) atoms. The van der Waals surface area contributed by atoms with E-state index in [-0.39, 0.29) is 11.9 Å². The monoisotopic (exact) mass is 287 g/mol. The van der Waals surface area contributed by atoms with Gasteiger partial charge in [-0.1, -0.05) is 18.2 Å². The van der Waals surface area contributed by atoms with Crippen LogP contribution in [0.1, 0.15) is 28.7 Å². The quantitative estimate of drug-likeness (QED) is 0.944. The number of rotatable bonds is 3. The number of aromatic nitrogens is 1. The molecule has 1 N–H and O–H groups in total. The fourth-order valence-electron chi connectivity index (χ4n) is 2.54. The minimum atomic E-state index is 0.0666. The summed E-state index contributed by atoms with van der Waals surface area (Å²) in [6.07, 6.45) is 0.497. The molecule has 104 valence electrons. The van der Waals surface area contributed by atoms with Gasteiger partial charge >= 0.3 is 0 Å². The third-order valence-electron chi connectivity index (χ3n) is 3.62. The van der Waals surface area contributed by atoms with Crippen LogP contribution < -0.4 is 10.2 Å². The molecular weight excluding hydrogens is 270 g/mol. The summed E-state index contributed by atoms with van der Waals surface area (Å²) in [4.78, 5) is 18.2. The molecule has 0 radical (unpaired) electrons. The molecule has 5 heteroatoms. The molecule has 1 unspecified atom stereocenters. The SMILES string of the molecule is Cc1nc(CNC2CC(=O)N(C)c3ccccc32)cs1. The highest BCUT2D eigenvalue weighted by atomic mass is 32.1. The van der Waals surface area contributed by atoms with Gasteiger partial charge in [-0.05, 0) is 18.6 Å². The predicted octanol–water partition coefficient (Wildman–Crippen LogP) is 2.65. The van der Waals surface area contributed by atoms with E-state index in [1.165, 1.54) is 5.56 Å². The number of hydrogen-bond acceptors (Lipinski definition) is 4. The normalized spacial score (nSPS) is 18.2. The van der Waals surface area contributed by atoms with Crippen molar-refractivity contribution in [2.45, 2.75) is 25.9 Å². The summed E-state index contributed by atoms with van der Waals surface area (Å²) in [7, 11) is 1.83. The molecule has 0 fully saturated rings. The maximum Gasteiger partial charge on any atom is 0.228 e. The van der Waals surface area contributed by atoms with E-state index in [0.717, 1.165) is 16.4 Å². The first-order valence-electron chi connectivity index (χ1n) is 6.65. The van der Waals surface area contributed by atoms with Gasteiger partial charge in [0.25, 0.3) is 0 Å². The smallest absolute Gasteiger partial charge is 0.228 e. The standard InChI is InChI=1S/C15H17N3OS/c1-10-17-11(9-20-10)8-16-13-7-15(19)18(2)14-6-4-3-5-12(13)14/h3-6,9,13,16H,7-8H2,1-2H3. The van der Waals surface area contributed by atoms with Gasteiger partial charge in [0.05, 0.1) is 10.7 Å². The van der Waals surface area contributed by atoms with Crippen LogP contribution in [0.2, 0.25) is 0 Å². The molecular formula is C15H17N3OS. The molecule has 0 saturated heterocycles. The van der Waals surface area contributed by atoms with Crippen LogP contribution in [0.3, 0.4) is 0 Å². The van der Waals surface area contributed by atoms with Gasteiger partial charge in [-0.25, -0.2) is 4.98 Å². The molecule has 1 amide bonds. The minimum absolute atomic E-state index is 0.0666. The average molecular weight is 287 g/mol. The van der Waals surface area contributed by atoms with Gasteiger partial charge in [0.2, 0.25) is 5.91 Å². The molecule has 4 nitrogen and oxygen atoms in total. The lowest BCUT2D eigenvalue weighted by molar-refractivity contribution is -0.119. The van der Waals surface area contributed by atoms with Crippen LogP contribution in [-0.2, 0) is 11.3 Å². The number of anilines is 1. The van der Waals surface area contributed by atoms with Crippen molar-refractivity contribution in [2.75, 3.05) is 11.9 Å². The number of hydrogen-bond donors (Lipinski definition) is 1. The Hall–Kier alpha value is -1.72. The zero-order valence-corrected chi connectivity index (χ0v) is 12.4. The van der Waals surface area contributed by atoms with Crippen LogP contribution >= 0.6 is 11.3 Å². The fourth-order valence-corrected chi connectivity index (χ4v) is 3.16. The Labute approximate surface area is 122 Å². The third-order valence-corrected chi connectivity index (χ3v) is 4.44. The van der Waals surface area contributed by atoms with Crippen LogP contribution in [0, 0.1) is 6.92 Å². The molecule has 1 aliphatic heterocycles. The summed E-state index contributed by atoms with van der Waals surface area (Å²) in [6.45, 7) is 2.70. The Morgan fingerprint density at radius 2 is 2.25 bits per heavy atom. The Morgan fingerprint density at radius 1 is 1.45 bits per heavy atom. The summed E-state index contributed by atoms with van der Waals surface area (Å²) in [6, 6.07) is 8.13. The van der Waals surface area contributed by atoms with Gasteiger partial charge in [-0.2, -0.15) is 0 Å². The number of thiazole rings is 1. The first-order chi connectivity index (χ1) is 9.65. The van der Waals surface area contributed by atoms with Crippen LogP contribution in [0.5, 0.6) is 0 Å². The Morgan fingerprint density at radius 3 is 3.00 bits per heavy atom. The van der Waals surface area contributed by atoms with Crippen molar-refractivity contribution in [1.82, 2.24) is 10.3 Å². The fraction of sp³-hybridized carbons (Fsp3) is 0.333. The van der Waals surface area contributed by atoms with E-state index in [9.17, 15) is 4.79 Å². The van der Waals surface area contributed by atoms with E-state index < -0.39 is 0 Å². The number of aryl methyl sites for hydroxylation is 1. The number of nitrogens with zero attached hydrogens (tertiary/aromatic N) is 2. The first kappa shape index (κ1) is 13.3. The third kappa shape index (κ3) is 2.46. The highest BCUT2D eigenvalue weighted by Crippen LogP contribution is 2.33. The van der Waals surface area contributed by atoms with Crippen molar-refractivity contribution in [3.63, 3.8) is 0 Å². The molecule has 1 aromatic carbocycles. The summed E-state index contributed by atoms with van der Waals surface area (Å²) in [5.74, 6) is 0.149. The zero-order chi connectivity index (χ0) is 14.1. The largest absolute Gasteiger partial charge is 0.315 e.